The zero-order valence-corrected chi connectivity index (χ0v) is 15.8. The Morgan fingerprint density at radius 2 is 2.48 bits per heavy atom. The van der Waals surface area contributed by atoms with Crippen molar-refractivity contribution in [2.24, 2.45) is 10.7 Å². The molecule has 0 amide bonds. The fourth-order valence-electron chi connectivity index (χ4n) is 1.97. The molecule has 0 aliphatic carbocycles. The minimum Gasteiger partial charge on any atom is -0.375 e. The van der Waals surface area contributed by atoms with Crippen LogP contribution in [0.4, 0.5) is 0 Å². The molecule has 2 atom stereocenters. The van der Waals surface area contributed by atoms with E-state index in [9.17, 15) is 0 Å². The first-order chi connectivity index (χ1) is 9.60. The molecule has 2 rings (SSSR count). The molecule has 6 nitrogen and oxygen atoms in total. The Kier molecular flexibility index (Phi) is 7.85. The summed E-state index contributed by atoms with van der Waals surface area (Å²) in [5, 5.41) is 2.97. The van der Waals surface area contributed by atoms with Crippen molar-refractivity contribution in [1.82, 2.24) is 9.88 Å². The van der Waals surface area contributed by atoms with Gasteiger partial charge in [-0.05, 0) is 13.8 Å². The van der Waals surface area contributed by atoms with Crippen molar-refractivity contribution < 1.29 is 9.47 Å². The number of rotatable bonds is 4. The molecule has 2 unspecified atom stereocenters. The van der Waals surface area contributed by atoms with E-state index in [1.54, 1.807) is 18.4 Å². The smallest absolute Gasteiger partial charge is 0.191 e. The number of guanidine groups is 1. The molecule has 1 saturated heterocycles. The zero-order valence-electron chi connectivity index (χ0n) is 12.6. The number of nitrogens with two attached hydrogens (primary N) is 1. The molecule has 0 bridgehead atoms. The molecule has 0 aromatic carbocycles. The Hall–Kier alpha value is -0.450. The Labute approximate surface area is 146 Å². The van der Waals surface area contributed by atoms with E-state index in [2.05, 4.69) is 14.9 Å². The molecule has 1 fully saturated rings. The summed E-state index contributed by atoms with van der Waals surface area (Å²) in [7, 11) is 1.68. The van der Waals surface area contributed by atoms with E-state index in [0.29, 0.717) is 19.1 Å². The fourth-order valence-corrected chi connectivity index (χ4v) is 2.81. The maximum absolute atomic E-state index is 6.02. The summed E-state index contributed by atoms with van der Waals surface area (Å²) in [6, 6.07) is 0. The van der Waals surface area contributed by atoms with Gasteiger partial charge < -0.3 is 20.1 Å². The molecular weight excluding hydrogens is 403 g/mol. The van der Waals surface area contributed by atoms with E-state index >= 15 is 0 Å². The van der Waals surface area contributed by atoms with Crippen LogP contribution in [-0.4, -0.2) is 48.8 Å². The number of nitrogens with zero attached hydrogens (tertiary/aromatic N) is 3. The van der Waals surface area contributed by atoms with Crippen molar-refractivity contribution in [3.8, 4) is 0 Å². The molecule has 0 spiro atoms. The van der Waals surface area contributed by atoms with Crippen LogP contribution in [0, 0.1) is 0 Å². The van der Waals surface area contributed by atoms with Crippen molar-refractivity contribution in [2.75, 3.05) is 26.8 Å². The SMILES string of the molecule is COC(C)c1nc(CN=C(N)N2CCOC(C)C2)cs1.I. The van der Waals surface area contributed by atoms with Crippen molar-refractivity contribution in [3.05, 3.63) is 16.1 Å². The third-order valence-electron chi connectivity index (χ3n) is 3.24. The first-order valence-electron chi connectivity index (χ1n) is 6.73. The fraction of sp³-hybridized carbons (Fsp3) is 0.692. The molecule has 1 aliphatic rings. The highest BCUT2D eigenvalue weighted by atomic mass is 127. The third-order valence-corrected chi connectivity index (χ3v) is 4.29. The van der Waals surface area contributed by atoms with Gasteiger partial charge in [-0.1, -0.05) is 0 Å². The van der Waals surface area contributed by atoms with Gasteiger partial charge in [0.1, 0.15) is 11.1 Å². The van der Waals surface area contributed by atoms with Gasteiger partial charge in [0.05, 0.1) is 24.9 Å². The highest BCUT2D eigenvalue weighted by Crippen LogP contribution is 2.20. The summed E-state index contributed by atoms with van der Waals surface area (Å²) < 4.78 is 10.7. The van der Waals surface area contributed by atoms with E-state index in [1.807, 2.05) is 19.2 Å². The summed E-state index contributed by atoms with van der Waals surface area (Å²) in [5.74, 6) is 0.564. The van der Waals surface area contributed by atoms with E-state index < -0.39 is 0 Å². The highest BCUT2D eigenvalue weighted by Gasteiger charge is 2.18. The number of aromatic nitrogens is 1. The van der Waals surface area contributed by atoms with E-state index in [0.717, 1.165) is 23.8 Å². The first kappa shape index (κ1) is 18.6. The molecule has 8 heteroatoms. The summed E-state index contributed by atoms with van der Waals surface area (Å²) in [4.78, 5) is 11.0. The van der Waals surface area contributed by atoms with Crippen molar-refractivity contribution in [3.63, 3.8) is 0 Å². The van der Waals surface area contributed by atoms with E-state index in [1.165, 1.54) is 0 Å². The normalized spacial score (nSPS) is 21.0. The lowest BCUT2D eigenvalue weighted by atomic mass is 10.3. The van der Waals surface area contributed by atoms with Gasteiger partial charge in [0.15, 0.2) is 5.96 Å². The second kappa shape index (κ2) is 8.86. The molecule has 0 radical (unpaired) electrons. The molecule has 1 aromatic heterocycles. The van der Waals surface area contributed by atoms with Gasteiger partial charge in [0, 0.05) is 25.6 Å². The minimum absolute atomic E-state index is 0. The summed E-state index contributed by atoms with van der Waals surface area (Å²) >= 11 is 1.59. The monoisotopic (exact) mass is 426 g/mol. The Bertz CT molecular complexity index is 469. The van der Waals surface area contributed by atoms with Crippen molar-refractivity contribution in [2.45, 2.75) is 32.6 Å². The quantitative estimate of drug-likeness (QED) is 0.453. The van der Waals surface area contributed by atoms with Crippen molar-refractivity contribution >= 4 is 41.3 Å². The molecule has 120 valence electrons. The number of ether oxygens (including phenoxy) is 2. The number of aliphatic imine (C=N–C) groups is 1. The van der Waals surface area contributed by atoms with Crippen LogP contribution in [0.5, 0.6) is 0 Å². The van der Waals surface area contributed by atoms with Gasteiger partial charge in [-0.25, -0.2) is 9.98 Å². The van der Waals surface area contributed by atoms with Crippen LogP contribution in [0.1, 0.15) is 30.7 Å². The third kappa shape index (κ3) is 5.35. The summed E-state index contributed by atoms with van der Waals surface area (Å²) in [6.07, 6.45) is 0.223. The number of halogens is 1. The maximum atomic E-state index is 6.02. The molecule has 0 saturated carbocycles. The predicted octanol–water partition coefficient (Wildman–Crippen LogP) is 2.00. The number of thiazole rings is 1. The lowest BCUT2D eigenvalue weighted by Gasteiger charge is -2.31. The van der Waals surface area contributed by atoms with Crippen LogP contribution in [0.2, 0.25) is 0 Å². The summed E-state index contributed by atoms with van der Waals surface area (Å²) in [5.41, 5.74) is 6.95. The maximum Gasteiger partial charge on any atom is 0.191 e. The van der Waals surface area contributed by atoms with Gasteiger partial charge in [-0.15, -0.1) is 35.3 Å². The summed E-state index contributed by atoms with van der Waals surface area (Å²) in [6.45, 7) is 6.81. The molecule has 1 aliphatic heterocycles. The molecular formula is C13H23IN4O2S. The number of hydrogen-bond donors (Lipinski definition) is 1. The van der Waals surface area contributed by atoms with Gasteiger partial charge in [0.25, 0.3) is 0 Å². The number of hydrogen-bond acceptors (Lipinski definition) is 5. The lowest BCUT2D eigenvalue weighted by molar-refractivity contribution is 0.00528. The molecule has 2 heterocycles. The van der Waals surface area contributed by atoms with Crippen LogP contribution in [-0.2, 0) is 16.0 Å². The van der Waals surface area contributed by atoms with Crippen molar-refractivity contribution in [1.29, 1.82) is 0 Å². The van der Waals surface area contributed by atoms with Crippen LogP contribution < -0.4 is 5.73 Å². The van der Waals surface area contributed by atoms with Gasteiger partial charge in [-0.3, -0.25) is 0 Å². The topological polar surface area (TPSA) is 73.0 Å². The van der Waals surface area contributed by atoms with Crippen LogP contribution in [0.25, 0.3) is 0 Å². The molecule has 21 heavy (non-hydrogen) atoms. The van der Waals surface area contributed by atoms with E-state index in [-0.39, 0.29) is 36.2 Å². The predicted molar refractivity (Wildman–Crippen MR) is 95.3 cm³/mol. The van der Waals surface area contributed by atoms with Crippen LogP contribution >= 0.6 is 35.3 Å². The Morgan fingerprint density at radius 1 is 1.71 bits per heavy atom. The van der Waals surface area contributed by atoms with Gasteiger partial charge in [-0.2, -0.15) is 0 Å². The number of morpholine rings is 1. The largest absolute Gasteiger partial charge is 0.375 e. The Morgan fingerprint density at radius 3 is 3.14 bits per heavy atom. The van der Waals surface area contributed by atoms with Crippen LogP contribution in [0.15, 0.2) is 10.4 Å². The average Bonchev–Trinajstić information content (AvgIpc) is 2.92. The minimum atomic E-state index is 0. The highest BCUT2D eigenvalue weighted by molar-refractivity contribution is 14.0. The standard InChI is InChI=1S/C13H22N4O2S.HI/c1-9-7-17(4-5-19-9)13(14)15-6-11-8-20-12(16-11)10(2)18-3;/h8-10H,4-7H2,1-3H3,(H2,14,15);1H. The molecule has 1 aromatic rings. The molecule has 2 N–H and O–H groups in total. The first-order valence-corrected chi connectivity index (χ1v) is 7.61. The second-order valence-corrected chi connectivity index (χ2v) is 5.75. The van der Waals surface area contributed by atoms with Gasteiger partial charge >= 0.3 is 0 Å². The number of methoxy groups -OCH3 is 1. The second-order valence-electron chi connectivity index (χ2n) is 4.86. The zero-order chi connectivity index (χ0) is 14.5. The van der Waals surface area contributed by atoms with Crippen LogP contribution in [0.3, 0.4) is 0 Å². The lowest BCUT2D eigenvalue weighted by Crippen LogP contribution is -2.47. The van der Waals surface area contributed by atoms with Gasteiger partial charge in [0.2, 0.25) is 0 Å². The average molecular weight is 426 g/mol. The van der Waals surface area contributed by atoms with E-state index in [4.69, 9.17) is 15.2 Å². The Balaban J connectivity index is 0.00000220.